The van der Waals surface area contributed by atoms with Gasteiger partial charge in [-0.2, -0.15) is 0 Å². The van der Waals surface area contributed by atoms with Gasteiger partial charge in [-0.15, -0.1) is 0 Å². The SMILES string of the molecule is CCCCCCCCCCC/C=C/CC(C)CC. The highest BCUT2D eigenvalue weighted by atomic mass is 14.0. The molecule has 0 amide bonds. The van der Waals surface area contributed by atoms with E-state index in [9.17, 15) is 0 Å². The van der Waals surface area contributed by atoms with Gasteiger partial charge in [-0.05, 0) is 25.2 Å². The molecule has 0 saturated heterocycles. The third kappa shape index (κ3) is 13.8. The molecule has 0 aromatic carbocycles. The van der Waals surface area contributed by atoms with Crippen molar-refractivity contribution in [2.45, 2.75) is 97.8 Å². The minimum atomic E-state index is 0.865. The summed E-state index contributed by atoms with van der Waals surface area (Å²) in [5.41, 5.74) is 0. The van der Waals surface area contributed by atoms with E-state index in [-0.39, 0.29) is 0 Å². The summed E-state index contributed by atoms with van der Waals surface area (Å²) in [4.78, 5) is 0. The molecule has 0 aromatic rings. The average Bonchev–Trinajstić information content (AvgIpc) is 2.39. The van der Waals surface area contributed by atoms with Crippen LogP contribution in [0.2, 0.25) is 0 Å². The number of unbranched alkanes of at least 4 members (excludes halogenated alkanes) is 9. The predicted octanol–water partition coefficient (Wildman–Crippen LogP) is 6.90. The lowest BCUT2D eigenvalue weighted by Gasteiger charge is -2.02. The molecular formula is C18H36. The molecule has 1 atom stereocenters. The number of rotatable bonds is 13. The van der Waals surface area contributed by atoms with E-state index in [0.717, 1.165) is 5.92 Å². The maximum Gasteiger partial charge on any atom is -0.0325 e. The molecule has 0 heteroatoms. The van der Waals surface area contributed by atoms with Crippen molar-refractivity contribution in [1.82, 2.24) is 0 Å². The highest BCUT2D eigenvalue weighted by Gasteiger charge is 1.93. The first-order valence-corrected chi connectivity index (χ1v) is 8.46. The Labute approximate surface area is 116 Å². The Kier molecular flexibility index (Phi) is 14.6. The maximum absolute atomic E-state index is 2.40. The largest absolute Gasteiger partial charge is 0.0885 e. The summed E-state index contributed by atoms with van der Waals surface area (Å²) in [5.74, 6) is 0.865. The van der Waals surface area contributed by atoms with Crippen molar-refractivity contribution in [2.24, 2.45) is 5.92 Å². The third-order valence-corrected chi connectivity index (χ3v) is 3.88. The van der Waals surface area contributed by atoms with Crippen molar-refractivity contribution in [3.63, 3.8) is 0 Å². The van der Waals surface area contributed by atoms with Gasteiger partial charge in [-0.3, -0.25) is 0 Å². The fourth-order valence-electron chi connectivity index (χ4n) is 2.19. The normalized spacial score (nSPS) is 13.3. The first kappa shape index (κ1) is 17.7. The van der Waals surface area contributed by atoms with Gasteiger partial charge < -0.3 is 0 Å². The number of hydrogen-bond acceptors (Lipinski definition) is 0. The van der Waals surface area contributed by atoms with Crippen LogP contribution in [0, 0.1) is 5.92 Å². The molecule has 0 rings (SSSR count). The molecule has 0 aromatic heterocycles. The Balaban J connectivity index is 3.07. The second kappa shape index (κ2) is 14.8. The van der Waals surface area contributed by atoms with Crippen LogP contribution in [-0.4, -0.2) is 0 Å². The molecule has 0 heterocycles. The summed E-state index contributed by atoms with van der Waals surface area (Å²) in [6, 6.07) is 0. The summed E-state index contributed by atoms with van der Waals surface area (Å²) in [6.07, 6.45) is 21.6. The standard InChI is InChI=1S/C18H36/c1-4-6-7-8-9-10-11-12-13-14-15-16-17-18(3)5-2/h15-16,18H,4-14,17H2,1-3H3/b16-15+. The zero-order chi connectivity index (χ0) is 13.5. The monoisotopic (exact) mass is 252 g/mol. The Morgan fingerprint density at radius 3 is 1.83 bits per heavy atom. The van der Waals surface area contributed by atoms with Gasteiger partial charge in [-0.1, -0.05) is 90.7 Å². The maximum atomic E-state index is 2.40. The number of hydrogen-bond donors (Lipinski definition) is 0. The predicted molar refractivity (Wildman–Crippen MR) is 85.1 cm³/mol. The third-order valence-electron chi connectivity index (χ3n) is 3.88. The van der Waals surface area contributed by atoms with Crippen molar-refractivity contribution >= 4 is 0 Å². The molecule has 0 fully saturated rings. The van der Waals surface area contributed by atoms with E-state index < -0.39 is 0 Å². The van der Waals surface area contributed by atoms with Gasteiger partial charge >= 0.3 is 0 Å². The molecule has 0 radical (unpaired) electrons. The van der Waals surface area contributed by atoms with E-state index in [1.54, 1.807) is 0 Å². The van der Waals surface area contributed by atoms with E-state index >= 15 is 0 Å². The van der Waals surface area contributed by atoms with E-state index in [2.05, 4.69) is 32.9 Å². The van der Waals surface area contributed by atoms with Crippen LogP contribution in [0.5, 0.6) is 0 Å². The average molecular weight is 252 g/mol. The summed E-state index contributed by atoms with van der Waals surface area (Å²) in [7, 11) is 0. The molecule has 18 heavy (non-hydrogen) atoms. The Morgan fingerprint density at radius 1 is 0.722 bits per heavy atom. The van der Waals surface area contributed by atoms with Crippen LogP contribution in [-0.2, 0) is 0 Å². The molecule has 0 N–H and O–H groups in total. The quantitative estimate of drug-likeness (QED) is 0.247. The fourth-order valence-corrected chi connectivity index (χ4v) is 2.19. The smallest absolute Gasteiger partial charge is 0.0325 e. The van der Waals surface area contributed by atoms with E-state index in [1.807, 2.05) is 0 Å². The van der Waals surface area contributed by atoms with Gasteiger partial charge in [0.2, 0.25) is 0 Å². The van der Waals surface area contributed by atoms with Crippen LogP contribution in [0.25, 0.3) is 0 Å². The molecule has 108 valence electrons. The topological polar surface area (TPSA) is 0 Å². The van der Waals surface area contributed by atoms with Gasteiger partial charge in [-0.25, -0.2) is 0 Å². The van der Waals surface area contributed by atoms with E-state index in [4.69, 9.17) is 0 Å². The van der Waals surface area contributed by atoms with Crippen LogP contribution < -0.4 is 0 Å². The Morgan fingerprint density at radius 2 is 1.28 bits per heavy atom. The molecule has 0 aliphatic carbocycles. The van der Waals surface area contributed by atoms with Gasteiger partial charge in [0.05, 0.1) is 0 Å². The zero-order valence-electron chi connectivity index (χ0n) is 13.2. The van der Waals surface area contributed by atoms with Crippen LogP contribution in [0.1, 0.15) is 97.8 Å². The van der Waals surface area contributed by atoms with Gasteiger partial charge in [0, 0.05) is 0 Å². The molecule has 0 saturated carbocycles. The van der Waals surface area contributed by atoms with Gasteiger partial charge in [0.15, 0.2) is 0 Å². The van der Waals surface area contributed by atoms with Crippen LogP contribution in [0.3, 0.4) is 0 Å². The first-order valence-electron chi connectivity index (χ1n) is 8.46. The summed E-state index contributed by atoms with van der Waals surface area (Å²) in [5, 5.41) is 0. The Hall–Kier alpha value is -0.260. The van der Waals surface area contributed by atoms with Crippen molar-refractivity contribution in [1.29, 1.82) is 0 Å². The second-order valence-corrected chi connectivity index (χ2v) is 5.84. The first-order chi connectivity index (χ1) is 8.81. The van der Waals surface area contributed by atoms with Gasteiger partial charge in [0.25, 0.3) is 0 Å². The second-order valence-electron chi connectivity index (χ2n) is 5.84. The molecule has 0 spiro atoms. The minimum absolute atomic E-state index is 0.865. The van der Waals surface area contributed by atoms with Crippen molar-refractivity contribution in [3.8, 4) is 0 Å². The number of allylic oxidation sites excluding steroid dienone is 2. The van der Waals surface area contributed by atoms with E-state index in [0.29, 0.717) is 0 Å². The molecule has 0 aliphatic heterocycles. The van der Waals surface area contributed by atoms with Crippen molar-refractivity contribution < 1.29 is 0 Å². The van der Waals surface area contributed by atoms with Crippen LogP contribution in [0.15, 0.2) is 12.2 Å². The lowest BCUT2D eigenvalue weighted by atomic mass is 10.0. The summed E-state index contributed by atoms with van der Waals surface area (Å²) >= 11 is 0. The summed E-state index contributed by atoms with van der Waals surface area (Å²) in [6.45, 7) is 6.90. The highest BCUT2D eigenvalue weighted by molar-refractivity contribution is 4.82. The van der Waals surface area contributed by atoms with Gasteiger partial charge in [0.1, 0.15) is 0 Å². The summed E-state index contributed by atoms with van der Waals surface area (Å²) < 4.78 is 0. The lowest BCUT2D eigenvalue weighted by molar-refractivity contribution is 0.563. The fraction of sp³-hybridized carbons (Fsp3) is 0.889. The van der Waals surface area contributed by atoms with E-state index in [1.165, 1.54) is 77.0 Å². The molecule has 1 unspecified atom stereocenters. The minimum Gasteiger partial charge on any atom is -0.0885 e. The highest BCUT2D eigenvalue weighted by Crippen LogP contribution is 2.11. The lowest BCUT2D eigenvalue weighted by Crippen LogP contribution is -1.87. The zero-order valence-corrected chi connectivity index (χ0v) is 13.2. The molecule has 0 nitrogen and oxygen atoms in total. The van der Waals surface area contributed by atoms with Crippen LogP contribution in [0.4, 0.5) is 0 Å². The van der Waals surface area contributed by atoms with Crippen LogP contribution >= 0.6 is 0 Å². The molecule has 0 aliphatic rings. The molecular weight excluding hydrogens is 216 g/mol. The molecule has 0 bridgehead atoms. The van der Waals surface area contributed by atoms with Crippen molar-refractivity contribution in [2.75, 3.05) is 0 Å². The van der Waals surface area contributed by atoms with Crippen molar-refractivity contribution in [3.05, 3.63) is 12.2 Å². The Bertz CT molecular complexity index is 169.